The van der Waals surface area contributed by atoms with Gasteiger partial charge < -0.3 is 115 Å². The molecule has 0 spiro atoms. The molecule has 6 aromatic rings. The maximum Gasteiger partial charge on any atom is 0.246 e. The molecule has 16 N–H and O–H groups in total. The standard InChI is InChI=1S/C62H79N13O12S2.O.Re/c1-36(76)54(60(84)73-50(28-38-17-6-3-7-18-38)61(85)75(33-52(65)77)51(35-89)62(86)87)74-56(80)46(23-12-13-25-63)70-58(82)48(29-39-31-67-44-21-10-8-19-41(39)44)72-59(83)49(30-40-32-68-45-22-11-9-20-42(40)45)71-57(81)47(27-37-15-4-2-5-16-37)69-53(78)24-14-26-66-55(79)43(64)34-88;;/h2-11,15-22,31-32,36,43,46-51,54,67-68,76,88-89H,12-14,23-30,33-35,63-64H2,1H3,(H2,65,77)(H,66,79)(H,69,78)(H,70,82)(H,71,81)(H,72,83)(H,73,84)(H,74,80)(H,86,87);;/q;-2;/p-3/t36-,43+,46+,47+,48-,49+,50+,51-,54+;;/m1../s1. The summed E-state index contributed by atoms with van der Waals surface area (Å²) in [4.78, 5) is 145. The zero-order chi connectivity index (χ0) is 64.6. The summed E-state index contributed by atoms with van der Waals surface area (Å²) in [5.74, 6) is -10.1. The Kier molecular flexibility index (Phi) is 31.4. The van der Waals surface area contributed by atoms with Gasteiger partial charge in [0.15, 0.2) is 0 Å². The molecule has 9 amide bonds. The predicted octanol–water partition coefficient (Wildman–Crippen LogP) is -2.03. The smallest absolute Gasteiger partial charge is 0.246 e. The summed E-state index contributed by atoms with van der Waals surface area (Å²) in [5.41, 5.74) is 20.8. The summed E-state index contributed by atoms with van der Waals surface area (Å²) in [7, 11) is 0. The zero-order valence-corrected chi connectivity index (χ0v) is 54.2. The first kappa shape index (κ1) is 75.3. The number of carboxylic acids is 1. The van der Waals surface area contributed by atoms with Crippen LogP contribution in [0.5, 0.6) is 0 Å². The molecular formula is C62H76N13O13ReS2-5. The minimum absolute atomic E-state index is 0. The van der Waals surface area contributed by atoms with Crippen LogP contribution in [0.1, 0.15) is 61.3 Å². The maximum absolute atomic E-state index is 15.2. The summed E-state index contributed by atoms with van der Waals surface area (Å²) < 4.78 is 0. The minimum atomic E-state index is -1.83. The molecule has 0 aliphatic rings. The summed E-state index contributed by atoms with van der Waals surface area (Å²) in [6.45, 7) is 0.577. The molecule has 0 unspecified atom stereocenters. The number of unbranched alkanes of at least 4 members (excludes halogenated alkanes) is 1. The number of carbonyl (C=O) groups excluding carboxylic acids is 10. The normalized spacial score (nSPS) is 14.0. The van der Waals surface area contributed by atoms with E-state index in [0.717, 1.165) is 10.9 Å². The molecule has 2 aromatic heterocycles. The molecule has 0 fully saturated rings. The van der Waals surface area contributed by atoms with Gasteiger partial charge >= 0.3 is 0 Å². The maximum atomic E-state index is 15.2. The van der Waals surface area contributed by atoms with Crippen LogP contribution in [0.25, 0.3) is 21.8 Å². The third kappa shape index (κ3) is 22.6. The van der Waals surface area contributed by atoms with Crippen LogP contribution in [0.4, 0.5) is 0 Å². The van der Waals surface area contributed by atoms with E-state index in [-0.39, 0.29) is 96.1 Å². The molecule has 0 bridgehead atoms. The summed E-state index contributed by atoms with van der Waals surface area (Å²) in [6.07, 6.45) is 1.78. The van der Waals surface area contributed by atoms with Crippen molar-refractivity contribution in [1.82, 2.24) is 52.1 Å². The van der Waals surface area contributed by atoms with E-state index in [9.17, 15) is 48.6 Å². The van der Waals surface area contributed by atoms with Gasteiger partial charge in [-0.05, 0) is 73.5 Å². The molecule has 91 heavy (non-hydrogen) atoms. The van der Waals surface area contributed by atoms with Gasteiger partial charge in [-0.25, -0.2) is 0 Å². The molecule has 29 heteroatoms. The Morgan fingerprint density at radius 1 is 0.582 bits per heavy atom. The van der Waals surface area contributed by atoms with Gasteiger partial charge in [-0.15, -0.1) is 0 Å². The first-order chi connectivity index (χ1) is 42.7. The molecule has 0 aliphatic carbocycles. The van der Waals surface area contributed by atoms with Crippen molar-refractivity contribution in [2.75, 3.05) is 31.1 Å². The van der Waals surface area contributed by atoms with Gasteiger partial charge in [-0.2, -0.15) is 11.5 Å². The van der Waals surface area contributed by atoms with Crippen molar-refractivity contribution in [1.29, 1.82) is 0 Å². The van der Waals surface area contributed by atoms with E-state index in [1.165, 1.54) is 6.92 Å². The number of amides is 9. The molecule has 0 saturated carbocycles. The molecule has 0 aliphatic heterocycles. The first-order valence-electron chi connectivity index (χ1n) is 29.1. The van der Waals surface area contributed by atoms with Crippen molar-refractivity contribution in [3.63, 3.8) is 0 Å². The Morgan fingerprint density at radius 2 is 1.04 bits per heavy atom. The fourth-order valence-electron chi connectivity index (χ4n) is 10.00. The molecular weight excluding hydrogens is 1390 g/mol. The number of benzene rings is 4. The SMILES string of the molecule is C[C@@H](O)[C@H](NC(=O)[C@H](CCCCN)NC(=O)[C@@H](Cc1c[nH]c2ccccc12)NC(=O)[C@H](Cc1c[nH]c2ccccc12)NC(=O)[C@H](Cc1ccccc1)NC(=O)CCCNC(=O)[C@@H](N)C[S-])C(=O)N[C@@H](Cc1ccccc1)C(=O)N(CC(N)=O)[C@H](C[S-])C(=O)[O-].[O-2].[Re]. The number of nitrogens with zero attached hydrogens (tertiary/aromatic N) is 1. The summed E-state index contributed by atoms with van der Waals surface area (Å²) in [6, 6.07) is 19.8. The second-order valence-corrected chi connectivity index (χ2v) is 22.2. The molecule has 491 valence electrons. The average Bonchev–Trinajstić information content (AvgIpc) is 1.94. The van der Waals surface area contributed by atoms with Gasteiger partial charge in [-0.3, -0.25) is 43.2 Å². The van der Waals surface area contributed by atoms with Gasteiger partial charge in [0.05, 0.1) is 30.7 Å². The van der Waals surface area contributed by atoms with Crippen LogP contribution >= 0.6 is 0 Å². The van der Waals surface area contributed by atoms with Crippen LogP contribution in [0, 0.1) is 0 Å². The minimum Gasteiger partial charge on any atom is -2.00 e. The van der Waals surface area contributed by atoms with Crippen molar-refractivity contribution in [3.8, 4) is 0 Å². The quantitative estimate of drug-likeness (QED) is 0.0149. The molecule has 2 heterocycles. The van der Waals surface area contributed by atoms with Crippen molar-refractivity contribution in [2.45, 2.75) is 119 Å². The molecule has 1 radical (unpaired) electrons. The van der Waals surface area contributed by atoms with E-state index < -0.39 is 126 Å². The van der Waals surface area contributed by atoms with E-state index in [2.05, 4.69) is 47.2 Å². The van der Waals surface area contributed by atoms with E-state index in [1.54, 1.807) is 79.1 Å². The van der Waals surface area contributed by atoms with Gasteiger partial charge in [0.1, 0.15) is 36.3 Å². The molecule has 0 saturated heterocycles. The molecule has 6 rings (SSSR count). The number of nitrogens with two attached hydrogens (primary N) is 3. The number of para-hydroxylation sites is 2. The number of aliphatic hydroxyl groups excluding tert-OH is 1. The van der Waals surface area contributed by atoms with Crippen molar-refractivity contribution < 1.29 is 84.1 Å². The number of rotatable bonds is 36. The van der Waals surface area contributed by atoms with Crippen LogP contribution < -0.4 is 59.5 Å². The topological polar surface area (TPSA) is 440 Å². The number of carbonyl (C=O) groups is 10. The number of aromatic nitrogens is 2. The number of primary amides is 1. The van der Waals surface area contributed by atoms with E-state index in [1.807, 2.05) is 42.5 Å². The van der Waals surface area contributed by atoms with E-state index >= 15 is 9.59 Å². The fraction of sp³-hybridized carbons (Fsp3) is 0.387. The van der Waals surface area contributed by atoms with Gasteiger partial charge in [0, 0.05) is 93.3 Å². The number of carboxylic acid groups (broad SMARTS) is 1. The average molecular weight is 1460 g/mol. The van der Waals surface area contributed by atoms with Crippen LogP contribution in [0.2, 0.25) is 0 Å². The number of hydrogen-bond donors (Lipinski definition) is 13. The fourth-order valence-corrected chi connectivity index (χ4v) is 10.5. The Hall–Kier alpha value is -8.14. The van der Waals surface area contributed by atoms with Crippen LogP contribution in [-0.2, 0) is 125 Å². The van der Waals surface area contributed by atoms with Crippen molar-refractivity contribution >= 4 is 106 Å². The Balaban J connectivity index is 0.00000884. The second kappa shape index (κ2) is 37.9. The third-order valence-electron chi connectivity index (χ3n) is 14.7. The summed E-state index contributed by atoms with van der Waals surface area (Å²) >= 11 is 9.88. The number of nitrogens with one attached hydrogen (secondary N) is 9. The monoisotopic (exact) mass is 1460 g/mol. The van der Waals surface area contributed by atoms with Crippen LogP contribution in [0.3, 0.4) is 0 Å². The van der Waals surface area contributed by atoms with Crippen molar-refractivity contribution in [2.24, 2.45) is 17.2 Å². The number of fused-ring (bicyclic) bond motifs is 2. The Labute approximate surface area is 550 Å². The van der Waals surface area contributed by atoms with Gasteiger partial charge in [-0.1, -0.05) is 97.1 Å². The third-order valence-corrected chi connectivity index (χ3v) is 15.4. The number of aromatic amines is 2. The first-order valence-corrected chi connectivity index (χ1v) is 30.2. The number of H-pyrrole nitrogens is 2. The van der Waals surface area contributed by atoms with Crippen LogP contribution in [-0.4, -0.2) is 165 Å². The molecule has 9 atom stereocenters. The Bertz CT molecular complexity index is 3400. The number of aliphatic hydroxyl groups is 1. The predicted molar refractivity (Wildman–Crippen MR) is 336 cm³/mol. The van der Waals surface area contributed by atoms with E-state index in [0.29, 0.717) is 44.5 Å². The summed E-state index contributed by atoms with van der Waals surface area (Å²) in [5, 5.41) is 43.7. The van der Waals surface area contributed by atoms with Crippen LogP contribution in [0.15, 0.2) is 122 Å². The van der Waals surface area contributed by atoms with Gasteiger partial charge in [0.25, 0.3) is 0 Å². The second-order valence-electron chi connectivity index (χ2n) is 21.5. The number of hydrogen-bond acceptors (Lipinski definition) is 16. The molecule has 4 aromatic carbocycles. The molecule has 26 nitrogen and oxygen atoms in total. The zero-order valence-electron chi connectivity index (χ0n) is 49.9. The van der Waals surface area contributed by atoms with E-state index in [4.69, 9.17) is 42.5 Å². The number of aliphatic carboxylic acids is 1. The largest absolute Gasteiger partial charge is 2.00 e. The van der Waals surface area contributed by atoms with Gasteiger partial charge in [0.2, 0.25) is 53.2 Å². The Morgan fingerprint density at radius 3 is 1.52 bits per heavy atom. The van der Waals surface area contributed by atoms with Crippen molar-refractivity contribution in [3.05, 3.63) is 144 Å².